The number of hydrogen-bond acceptors (Lipinski definition) is 3. The Morgan fingerprint density at radius 2 is 1.93 bits per heavy atom. The highest BCUT2D eigenvalue weighted by Crippen LogP contribution is 2.14. The molecule has 0 fully saturated rings. The summed E-state index contributed by atoms with van der Waals surface area (Å²) < 4.78 is 5.55. The van der Waals surface area contributed by atoms with E-state index in [1.165, 1.54) is 11.1 Å². The van der Waals surface area contributed by atoms with Crippen LogP contribution in [0.3, 0.4) is 0 Å². The predicted molar refractivity (Wildman–Crippen MR) is 113 cm³/mol. The van der Waals surface area contributed by atoms with Gasteiger partial charge in [-0.3, -0.25) is 9.79 Å². The van der Waals surface area contributed by atoms with Crippen LogP contribution >= 0.6 is 0 Å². The first kappa shape index (κ1) is 21.3. The van der Waals surface area contributed by atoms with Crippen molar-refractivity contribution in [2.24, 2.45) is 4.99 Å². The van der Waals surface area contributed by atoms with Gasteiger partial charge in [-0.1, -0.05) is 36.4 Å². The van der Waals surface area contributed by atoms with Crippen molar-refractivity contribution < 1.29 is 9.53 Å². The number of likely N-dealkylation sites (N-methyl/N-ethyl adjacent to an activating group) is 1. The molecule has 0 aliphatic rings. The predicted octanol–water partition coefficient (Wildman–Crippen LogP) is 2.72. The normalized spacial score (nSPS) is 11.1. The maximum atomic E-state index is 11.5. The fourth-order valence-electron chi connectivity index (χ4n) is 2.83. The number of carbonyl (C=O) groups excluding carboxylic acids is 1. The zero-order valence-corrected chi connectivity index (χ0v) is 17.2. The highest BCUT2D eigenvalue weighted by molar-refractivity contribution is 5.79. The molecular weight excluding hydrogens is 352 g/mol. The van der Waals surface area contributed by atoms with E-state index in [4.69, 9.17) is 4.74 Å². The number of hydrogen-bond donors (Lipinski definition) is 2. The lowest BCUT2D eigenvalue weighted by Gasteiger charge is -2.23. The van der Waals surface area contributed by atoms with E-state index in [1.807, 2.05) is 44.3 Å². The molecule has 0 aliphatic carbocycles. The van der Waals surface area contributed by atoms with Crippen molar-refractivity contribution in [1.82, 2.24) is 15.5 Å². The molecule has 0 saturated heterocycles. The van der Waals surface area contributed by atoms with E-state index in [0.29, 0.717) is 18.8 Å². The van der Waals surface area contributed by atoms with Crippen LogP contribution in [0.1, 0.15) is 23.6 Å². The second-order valence-corrected chi connectivity index (χ2v) is 6.57. The van der Waals surface area contributed by atoms with Crippen molar-refractivity contribution in [2.75, 3.05) is 27.2 Å². The van der Waals surface area contributed by atoms with E-state index in [1.54, 1.807) is 7.05 Å². The third-order valence-electron chi connectivity index (χ3n) is 4.34. The summed E-state index contributed by atoms with van der Waals surface area (Å²) in [6.07, 6.45) is 0. The molecule has 2 aromatic rings. The summed E-state index contributed by atoms with van der Waals surface area (Å²) in [6.45, 7) is 6.01. The smallest absolute Gasteiger partial charge is 0.257 e. The Labute approximate surface area is 167 Å². The third-order valence-corrected chi connectivity index (χ3v) is 4.34. The molecule has 6 nitrogen and oxygen atoms in total. The zero-order chi connectivity index (χ0) is 20.4. The molecule has 150 valence electrons. The number of rotatable bonds is 8. The van der Waals surface area contributed by atoms with Crippen LogP contribution in [0.5, 0.6) is 5.75 Å². The molecule has 28 heavy (non-hydrogen) atoms. The van der Waals surface area contributed by atoms with E-state index in [-0.39, 0.29) is 12.5 Å². The van der Waals surface area contributed by atoms with Gasteiger partial charge in [0.05, 0.1) is 0 Å². The Morgan fingerprint density at radius 1 is 1.14 bits per heavy atom. The summed E-state index contributed by atoms with van der Waals surface area (Å²) in [5.41, 5.74) is 3.59. The van der Waals surface area contributed by atoms with Gasteiger partial charge in [0.25, 0.3) is 5.91 Å². The Kier molecular flexibility index (Phi) is 8.34. The minimum absolute atomic E-state index is 0.0194. The molecule has 0 heterocycles. The zero-order valence-electron chi connectivity index (χ0n) is 17.2. The second-order valence-electron chi connectivity index (χ2n) is 6.57. The van der Waals surface area contributed by atoms with Crippen molar-refractivity contribution in [3.8, 4) is 5.75 Å². The quantitative estimate of drug-likeness (QED) is 0.544. The Balaban J connectivity index is 1.91. The van der Waals surface area contributed by atoms with Crippen molar-refractivity contribution in [1.29, 1.82) is 0 Å². The first-order chi connectivity index (χ1) is 13.5. The summed E-state index contributed by atoms with van der Waals surface area (Å²) in [6, 6.07) is 16.1. The Bertz CT molecular complexity index is 805. The number of nitrogens with zero attached hydrogens (tertiary/aromatic N) is 2. The third kappa shape index (κ3) is 6.61. The van der Waals surface area contributed by atoms with Crippen LogP contribution in [0.4, 0.5) is 0 Å². The van der Waals surface area contributed by atoms with E-state index in [2.05, 4.69) is 45.6 Å². The van der Waals surface area contributed by atoms with Gasteiger partial charge in [0.1, 0.15) is 5.75 Å². The summed E-state index contributed by atoms with van der Waals surface area (Å²) in [5, 5.41) is 6.10. The Morgan fingerprint density at radius 3 is 2.64 bits per heavy atom. The molecule has 0 radical (unpaired) electrons. The summed E-state index contributed by atoms with van der Waals surface area (Å²) >= 11 is 0. The number of benzene rings is 2. The van der Waals surface area contributed by atoms with Gasteiger partial charge in [0.2, 0.25) is 0 Å². The average molecular weight is 383 g/mol. The average Bonchev–Trinajstić information content (AvgIpc) is 2.69. The first-order valence-corrected chi connectivity index (χ1v) is 9.48. The van der Waals surface area contributed by atoms with Crippen molar-refractivity contribution >= 4 is 11.9 Å². The van der Waals surface area contributed by atoms with Crippen LogP contribution in [0, 0.1) is 6.92 Å². The summed E-state index contributed by atoms with van der Waals surface area (Å²) in [5.74, 6) is 1.37. The van der Waals surface area contributed by atoms with Crippen LogP contribution in [0.25, 0.3) is 0 Å². The highest BCUT2D eigenvalue weighted by atomic mass is 16.5. The van der Waals surface area contributed by atoms with Crippen LogP contribution in [-0.4, -0.2) is 44.0 Å². The van der Waals surface area contributed by atoms with E-state index < -0.39 is 0 Å². The molecule has 0 saturated carbocycles. The lowest BCUT2D eigenvalue weighted by atomic mass is 10.1. The van der Waals surface area contributed by atoms with Crippen LogP contribution < -0.4 is 15.4 Å². The number of ether oxygens (including phenoxy) is 1. The van der Waals surface area contributed by atoms with Crippen LogP contribution in [0.2, 0.25) is 0 Å². The maximum Gasteiger partial charge on any atom is 0.257 e. The number of amides is 1. The minimum Gasteiger partial charge on any atom is -0.484 e. The number of nitrogens with one attached hydrogen (secondary N) is 2. The molecule has 0 unspecified atom stereocenters. The number of aliphatic imine (C=N–C) groups is 1. The fourth-order valence-corrected chi connectivity index (χ4v) is 2.83. The molecule has 0 spiro atoms. The standard InChI is InChI=1S/C22H30N4O2/c1-5-24-21(27)16-28-20-12-8-10-18(13-20)14-25-22(23-3)26(4)15-19-11-7-6-9-17(19)2/h6-13H,5,14-16H2,1-4H3,(H,23,25)(H,24,27). The summed E-state index contributed by atoms with van der Waals surface area (Å²) in [4.78, 5) is 18.0. The van der Waals surface area contributed by atoms with E-state index in [0.717, 1.165) is 18.1 Å². The molecule has 1 amide bonds. The molecule has 2 aromatic carbocycles. The lowest BCUT2D eigenvalue weighted by molar-refractivity contribution is -0.122. The van der Waals surface area contributed by atoms with Gasteiger partial charge in [-0.2, -0.15) is 0 Å². The molecule has 0 aromatic heterocycles. The van der Waals surface area contributed by atoms with Gasteiger partial charge in [-0.15, -0.1) is 0 Å². The molecule has 0 aliphatic heterocycles. The number of guanidine groups is 1. The molecule has 0 bridgehead atoms. The van der Waals surface area contributed by atoms with Crippen molar-refractivity contribution in [3.05, 3.63) is 65.2 Å². The van der Waals surface area contributed by atoms with Crippen molar-refractivity contribution in [3.63, 3.8) is 0 Å². The van der Waals surface area contributed by atoms with Gasteiger partial charge in [-0.25, -0.2) is 0 Å². The molecule has 0 atom stereocenters. The fraction of sp³-hybridized carbons (Fsp3) is 0.364. The molecule has 2 rings (SSSR count). The van der Waals surface area contributed by atoms with Gasteiger partial charge in [0, 0.05) is 33.7 Å². The molecule has 6 heteroatoms. The number of carbonyl (C=O) groups is 1. The molecule has 2 N–H and O–H groups in total. The van der Waals surface area contributed by atoms with Crippen molar-refractivity contribution in [2.45, 2.75) is 26.9 Å². The first-order valence-electron chi connectivity index (χ1n) is 9.48. The monoisotopic (exact) mass is 382 g/mol. The van der Waals surface area contributed by atoms with Gasteiger partial charge in [0.15, 0.2) is 12.6 Å². The summed E-state index contributed by atoms with van der Waals surface area (Å²) in [7, 11) is 3.80. The SMILES string of the molecule is CCNC(=O)COc1cccc(CNC(=NC)N(C)Cc2ccccc2C)c1. The highest BCUT2D eigenvalue weighted by Gasteiger charge is 2.08. The van der Waals surface area contributed by atoms with Crippen LogP contribution in [-0.2, 0) is 17.9 Å². The lowest BCUT2D eigenvalue weighted by Crippen LogP contribution is -2.38. The Hall–Kier alpha value is -3.02. The van der Waals surface area contributed by atoms with Gasteiger partial charge >= 0.3 is 0 Å². The van der Waals surface area contributed by atoms with Gasteiger partial charge < -0.3 is 20.3 Å². The second kappa shape index (κ2) is 11.0. The van der Waals surface area contributed by atoms with Crippen LogP contribution in [0.15, 0.2) is 53.5 Å². The molecular formula is C22H30N4O2. The topological polar surface area (TPSA) is 66.0 Å². The van der Waals surface area contributed by atoms with E-state index >= 15 is 0 Å². The van der Waals surface area contributed by atoms with E-state index in [9.17, 15) is 4.79 Å². The number of aryl methyl sites for hydroxylation is 1. The minimum atomic E-state index is -0.121. The van der Waals surface area contributed by atoms with Gasteiger partial charge in [-0.05, 0) is 42.7 Å². The largest absolute Gasteiger partial charge is 0.484 e. The maximum absolute atomic E-state index is 11.5.